The summed E-state index contributed by atoms with van der Waals surface area (Å²) in [7, 11) is 0. The molecule has 0 aliphatic carbocycles. The standard InChI is InChI=1S/C16H19NO/c1-3-17(15-7-5-4-6-8-15)16-10-9-13(2)11-14(16)12-18/h4-11,18H,3,12H2,1-2H3. The van der Waals surface area contributed by atoms with Gasteiger partial charge < -0.3 is 10.0 Å². The summed E-state index contributed by atoms with van der Waals surface area (Å²) in [6.07, 6.45) is 0. The van der Waals surface area contributed by atoms with E-state index in [2.05, 4.69) is 36.1 Å². The van der Waals surface area contributed by atoms with E-state index in [0.717, 1.165) is 23.5 Å². The number of benzene rings is 2. The van der Waals surface area contributed by atoms with Crippen molar-refractivity contribution in [1.29, 1.82) is 0 Å². The smallest absolute Gasteiger partial charge is 0.0702 e. The van der Waals surface area contributed by atoms with E-state index in [-0.39, 0.29) is 6.61 Å². The summed E-state index contributed by atoms with van der Waals surface area (Å²) in [6, 6.07) is 16.5. The van der Waals surface area contributed by atoms with Crippen molar-refractivity contribution in [3.63, 3.8) is 0 Å². The van der Waals surface area contributed by atoms with Crippen LogP contribution >= 0.6 is 0 Å². The van der Waals surface area contributed by atoms with Gasteiger partial charge in [-0.3, -0.25) is 0 Å². The van der Waals surface area contributed by atoms with Crippen LogP contribution in [0.2, 0.25) is 0 Å². The molecule has 0 heterocycles. The number of nitrogens with zero attached hydrogens (tertiary/aromatic N) is 1. The van der Waals surface area contributed by atoms with Crippen molar-refractivity contribution in [3.05, 3.63) is 59.7 Å². The summed E-state index contributed by atoms with van der Waals surface area (Å²) in [5, 5.41) is 9.51. The molecule has 0 aromatic heterocycles. The molecular formula is C16H19NO. The van der Waals surface area contributed by atoms with Crippen molar-refractivity contribution in [2.75, 3.05) is 11.4 Å². The van der Waals surface area contributed by atoms with Crippen LogP contribution in [0.5, 0.6) is 0 Å². The second-order valence-electron chi connectivity index (χ2n) is 4.37. The molecule has 0 saturated heterocycles. The predicted octanol–water partition coefficient (Wildman–Crippen LogP) is 3.65. The summed E-state index contributed by atoms with van der Waals surface area (Å²) < 4.78 is 0. The van der Waals surface area contributed by atoms with Crippen molar-refractivity contribution in [2.24, 2.45) is 0 Å². The van der Waals surface area contributed by atoms with Crippen molar-refractivity contribution in [2.45, 2.75) is 20.5 Å². The van der Waals surface area contributed by atoms with Crippen LogP contribution in [-0.2, 0) is 6.61 Å². The second-order valence-corrected chi connectivity index (χ2v) is 4.37. The Morgan fingerprint density at radius 3 is 2.39 bits per heavy atom. The van der Waals surface area contributed by atoms with Gasteiger partial charge in [-0.2, -0.15) is 0 Å². The molecule has 0 aliphatic heterocycles. The van der Waals surface area contributed by atoms with Gasteiger partial charge in [-0.25, -0.2) is 0 Å². The summed E-state index contributed by atoms with van der Waals surface area (Å²) in [4.78, 5) is 2.21. The van der Waals surface area contributed by atoms with Crippen LogP contribution in [0, 0.1) is 6.92 Å². The van der Waals surface area contributed by atoms with Gasteiger partial charge in [0.1, 0.15) is 0 Å². The van der Waals surface area contributed by atoms with Crippen LogP contribution in [0.3, 0.4) is 0 Å². The van der Waals surface area contributed by atoms with Crippen LogP contribution in [0.25, 0.3) is 0 Å². The Labute approximate surface area is 109 Å². The number of hydrogen-bond acceptors (Lipinski definition) is 2. The summed E-state index contributed by atoms with van der Waals surface area (Å²) in [5.41, 5.74) is 4.38. The minimum atomic E-state index is 0.0698. The van der Waals surface area contributed by atoms with Crippen LogP contribution in [0.15, 0.2) is 48.5 Å². The molecule has 0 saturated carbocycles. The van der Waals surface area contributed by atoms with Crippen LogP contribution in [0.4, 0.5) is 11.4 Å². The Bertz CT molecular complexity index is 508. The van der Waals surface area contributed by atoms with Crippen molar-refractivity contribution in [3.8, 4) is 0 Å². The first-order valence-corrected chi connectivity index (χ1v) is 6.29. The fraction of sp³-hybridized carbons (Fsp3) is 0.250. The van der Waals surface area contributed by atoms with E-state index in [1.54, 1.807) is 0 Å². The van der Waals surface area contributed by atoms with E-state index >= 15 is 0 Å². The zero-order chi connectivity index (χ0) is 13.0. The van der Waals surface area contributed by atoms with Crippen molar-refractivity contribution in [1.82, 2.24) is 0 Å². The third-order valence-electron chi connectivity index (χ3n) is 3.08. The normalized spacial score (nSPS) is 10.4. The second kappa shape index (κ2) is 5.69. The number of anilines is 2. The lowest BCUT2D eigenvalue weighted by Gasteiger charge is -2.25. The van der Waals surface area contributed by atoms with E-state index in [1.165, 1.54) is 5.56 Å². The number of para-hydroxylation sites is 1. The number of rotatable bonds is 4. The van der Waals surface area contributed by atoms with Crippen molar-refractivity contribution >= 4 is 11.4 Å². The topological polar surface area (TPSA) is 23.5 Å². The highest BCUT2D eigenvalue weighted by molar-refractivity contribution is 5.66. The molecule has 2 aromatic rings. The maximum atomic E-state index is 9.51. The molecule has 2 nitrogen and oxygen atoms in total. The Balaban J connectivity index is 2.45. The maximum absolute atomic E-state index is 9.51. The molecule has 0 spiro atoms. The zero-order valence-corrected chi connectivity index (χ0v) is 10.9. The first-order valence-electron chi connectivity index (χ1n) is 6.29. The molecule has 1 N–H and O–H groups in total. The summed E-state index contributed by atoms with van der Waals surface area (Å²) >= 11 is 0. The van der Waals surface area contributed by atoms with Gasteiger partial charge in [0.25, 0.3) is 0 Å². The predicted molar refractivity (Wildman–Crippen MR) is 76.2 cm³/mol. The van der Waals surface area contributed by atoms with Crippen LogP contribution in [-0.4, -0.2) is 11.7 Å². The van der Waals surface area contributed by atoms with E-state index < -0.39 is 0 Å². The highest BCUT2D eigenvalue weighted by Gasteiger charge is 2.11. The molecule has 0 amide bonds. The SMILES string of the molecule is CCN(c1ccccc1)c1ccc(C)cc1CO. The fourth-order valence-electron chi connectivity index (χ4n) is 2.20. The summed E-state index contributed by atoms with van der Waals surface area (Å²) in [5.74, 6) is 0. The molecular weight excluding hydrogens is 222 g/mol. The van der Waals surface area contributed by atoms with Gasteiger partial charge in [0.15, 0.2) is 0 Å². The third-order valence-corrected chi connectivity index (χ3v) is 3.08. The minimum absolute atomic E-state index is 0.0698. The van der Waals surface area contributed by atoms with Gasteiger partial charge >= 0.3 is 0 Å². The van der Waals surface area contributed by atoms with Crippen molar-refractivity contribution < 1.29 is 5.11 Å². The van der Waals surface area contributed by atoms with E-state index in [4.69, 9.17) is 0 Å². The Morgan fingerprint density at radius 1 is 1.06 bits per heavy atom. The minimum Gasteiger partial charge on any atom is -0.392 e. The quantitative estimate of drug-likeness (QED) is 0.883. The molecule has 0 unspecified atom stereocenters. The average Bonchev–Trinajstić information content (AvgIpc) is 2.42. The molecule has 18 heavy (non-hydrogen) atoms. The molecule has 0 bridgehead atoms. The first kappa shape index (κ1) is 12.7. The number of aliphatic hydroxyl groups is 1. The van der Waals surface area contributed by atoms with E-state index in [1.807, 2.05) is 31.2 Å². The van der Waals surface area contributed by atoms with Gasteiger partial charge in [-0.05, 0) is 32.0 Å². The van der Waals surface area contributed by atoms with Gasteiger partial charge in [-0.15, -0.1) is 0 Å². The lowest BCUT2D eigenvalue weighted by atomic mass is 10.1. The van der Waals surface area contributed by atoms with E-state index in [9.17, 15) is 5.11 Å². The molecule has 94 valence electrons. The van der Waals surface area contributed by atoms with Gasteiger partial charge in [0.05, 0.1) is 6.61 Å². The Hall–Kier alpha value is -1.80. The number of hydrogen-bond donors (Lipinski definition) is 1. The lowest BCUT2D eigenvalue weighted by molar-refractivity contribution is 0.282. The largest absolute Gasteiger partial charge is 0.392 e. The zero-order valence-electron chi connectivity index (χ0n) is 10.9. The highest BCUT2D eigenvalue weighted by atomic mass is 16.3. The average molecular weight is 241 g/mol. The van der Waals surface area contributed by atoms with E-state index in [0.29, 0.717) is 0 Å². The number of aliphatic hydroxyl groups excluding tert-OH is 1. The Morgan fingerprint density at radius 2 is 1.78 bits per heavy atom. The molecule has 0 atom stereocenters. The third kappa shape index (κ3) is 2.54. The Kier molecular flexibility index (Phi) is 4.00. The maximum Gasteiger partial charge on any atom is 0.0702 e. The molecule has 0 aliphatic rings. The van der Waals surface area contributed by atoms with Crippen LogP contribution in [0.1, 0.15) is 18.1 Å². The monoisotopic (exact) mass is 241 g/mol. The molecule has 0 fully saturated rings. The molecule has 2 heteroatoms. The first-order chi connectivity index (χ1) is 8.76. The number of aryl methyl sites for hydroxylation is 1. The van der Waals surface area contributed by atoms with Crippen LogP contribution < -0.4 is 4.90 Å². The molecule has 2 aromatic carbocycles. The lowest BCUT2D eigenvalue weighted by Crippen LogP contribution is -2.17. The highest BCUT2D eigenvalue weighted by Crippen LogP contribution is 2.29. The summed E-state index contributed by atoms with van der Waals surface area (Å²) in [6.45, 7) is 5.11. The molecule has 2 rings (SSSR count). The van der Waals surface area contributed by atoms with Gasteiger partial charge in [0.2, 0.25) is 0 Å². The fourth-order valence-corrected chi connectivity index (χ4v) is 2.20. The molecule has 0 radical (unpaired) electrons. The van der Waals surface area contributed by atoms with Gasteiger partial charge in [0, 0.05) is 23.5 Å². The van der Waals surface area contributed by atoms with Gasteiger partial charge in [-0.1, -0.05) is 35.9 Å².